The summed E-state index contributed by atoms with van der Waals surface area (Å²) in [6.07, 6.45) is 1.77. The lowest BCUT2D eigenvalue weighted by Crippen LogP contribution is -2.48. The number of halogens is 1. The van der Waals surface area contributed by atoms with Gasteiger partial charge >= 0.3 is 0 Å². The Morgan fingerprint density at radius 3 is 2.48 bits per heavy atom. The molecular weight excluding hydrogens is 374 g/mol. The van der Waals surface area contributed by atoms with Gasteiger partial charge in [-0.05, 0) is 28.1 Å². The molecule has 0 N–H and O–H groups in total. The molecule has 3 rings (SSSR count). The fourth-order valence-corrected chi connectivity index (χ4v) is 5.37. The van der Waals surface area contributed by atoms with E-state index in [9.17, 15) is 8.42 Å². The number of benzene rings is 1. The molecule has 1 aromatic carbocycles. The zero-order valence-electron chi connectivity index (χ0n) is 11.1. The molecule has 0 saturated carbocycles. The van der Waals surface area contributed by atoms with Crippen molar-refractivity contribution in [1.82, 2.24) is 9.29 Å². The molecule has 0 unspecified atom stereocenters. The molecule has 2 heterocycles. The van der Waals surface area contributed by atoms with Gasteiger partial charge in [-0.15, -0.1) is 11.3 Å². The first-order chi connectivity index (χ1) is 10.1. The van der Waals surface area contributed by atoms with E-state index in [1.165, 1.54) is 4.31 Å². The molecule has 5 nitrogen and oxygen atoms in total. The van der Waals surface area contributed by atoms with Crippen LogP contribution in [0.3, 0.4) is 0 Å². The highest BCUT2D eigenvalue weighted by molar-refractivity contribution is 9.10. The van der Waals surface area contributed by atoms with Crippen molar-refractivity contribution in [1.29, 1.82) is 0 Å². The summed E-state index contributed by atoms with van der Waals surface area (Å²) in [6.45, 7) is 2.28. The van der Waals surface area contributed by atoms with E-state index in [-0.39, 0.29) is 0 Å². The molecule has 0 radical (unpaired) electrons. The number of piperazine rings is 1. The highest BCUT2D eigenvalue weighted by atomic mass is 79.9. The SMILES string of the molecule is O=S(=O)(c1ccccc1Br)N1CCN(c2nccs2)CC1. The van der Waals surface area contributed by atoms with Crippen molar-refractivity contribution in [3.63, 3.8) is 0 Å². The zero-order valence-corrected chi connectivity index (χ0v) is 14.4. The molecule has 0 spiro atoms. The van der Waals surface area contributed by atoms with Crippen LogP contribution in [0.4, 0.5) is 5.13 Å². The second kappa shape index (κ2) is 6.04. The van der Waals surface area contributed by atoms with Crippen molar-refractivity contribution in [3.05, 3.63) is 40.3 Å². The van der Waals surface area contributed by atoms with Gasteiger partial charge in [-0.25, -0.2) is 13.4 Å². The maximum absolute atomic E-state index is 12.7. The van der Waals surface area contributed by atoms with Crippen LogP contribution in [0.2, 0.25) is 0 Å². The predicted molar refractivity (Wildman–Crippen MR) is 87.2 cm³/mol. The molecule has 0 aliphatic carbocycles. The third-order valence-electron chi connectivity index (χ3n) is 3.38. The minimum absolute atomic E-state index is 0.327. The van der Waals surface area contributed by atoms with Gasteiger partial charge in [-0.3, -0.25) is 0 Å². The summed E-state index contributed by atoms with van der Waals surface area (Å²) in [5.41, 5.74) is 0. The summed E-state index contributed by atoms with van der Waals surface area (Å²) in [7, 11) is -3.44. The van der Waals surface area contributed by atoms with Gasteiger partial charge in [0.2, 0.25) is 10.0 Å². The average Bonchev–Trinajstić information content (AvgIpc) is 3.02. The first kappa shape index (κ1) is 15.0. The van der Waals surface area contributed by atoms with Gasteiger partial charge in [-0.1, -0.05) is 12.1 Å². The van der Waals surface area contributed by atoms with Crippen LogP contribution in [0.25, 0.3) is 0 Å². The summed E-state index contributed by atoms with van der Waals surface area (Å²) in [4.78, 5) is 6.72. The van der Waals surface area contributed by atoms with Crippen LogP contribution >= 0.6 is 27.3 Å². The van der Waals surface area contributed by atoms with Crippen molar-refractivity contribution < 1.29 is 8.42 Å². The van der Waals surface area contributed by atoms with Crippen molar-refractivity contribution in [2.45, 2.75) is 4.90 Å². The summed E-state index contributed by atoms with van der Waals surface area (Å²) in [6, 6.07) is 6.93. The predicted octanol–water partition coefficient (Wildman–Crippen LogP) is 2.42. The van der Waals surface area contributed by atoms with Crippen LogP contribution in [0.1, 0.15) is 0 Å². The molecule has 112 valence electrons. The number of thiazole rings is 1. The topological polar surface area (TPSA) is 53.5 Å². The van der Waals surface area contributed by atoms with E-state index in [0.29, 0.717) is 35.5 Å². The monoisotopic (exact) mass is 387 g/mol. The first-order valence-corrected chi connectivity index (χ1v) is 9.59. The number of anilines is 1. The van der Waals surface area contributed by atoms with Gasteiger partial charge < -0.3 is 4.90 Å². The minimum atomic E-state index is -3.44. The normalized spacial score (nSPS) is 17.1. The van der Waals surface area contributed by atoms with E-state index in [1.807, 2.05) is 11.4 Å². The van der Waals surface area contributed by atoms with Crippen LogP contribution in [-0.4, -0.2) is 43.9 Å². The second-order valence-corrected chi connectivity index (χ2v) is 8.27. The molecule has 0 amide bonds. The maximum atomic E-state index is 12.7. The minimum Gasteiger partial charge on any atom is -0.345 e. The quantitative estimate of drug-likeness (QED) is 0.811. The Morgan fingerprint density at radius 2 is 1.86 bits per heavy atom. The van der Waals surface area contributed by atoms with Crippen LogP contribution in [0, 0.1) is 0 Å². The number of rotatable bonds is 3. The van der Waals surface area contributed by atoms with E-state index in [4.69, 9.17) is 0 Å². The third-order valence-corrected chi connectivity index (χ3v) is 7.13. The molecule has 1 saturated heterocycles. The molecule has 1 fully saturated rings. The van der Waals surface area contributed by atoms with Gasteiger partial charge in [0.1, 0.15) is 0 Å². The molecule has 8 heteroatoms. The molecule has 2 aromatic rings. The largest absolute Gasteiger partial charge is 0.345 e. The van der Waals surface area contributed by atoms with Crippen LogP contribution in [0.15, 0.2) is 45.2 Å². The van der Waals surface area contributed by atoms with Crippen LogP contribution in [0.5, 0.6) is 0 Å². The molecular formula is C13H14BrN3O2S2. The number of hydrogen-bond donors (Lipinski definition) is 0. The van der Waals surface area contributed by atoms with Gasteiger partial charge in [0.15, 0.2) is 5.13 Å². The van der Waals surface area contributed by atoms with E-state index in [0.717, 1.165) is 5.13 Å². The summed E-state index contributed by atoms with van der Waals surface area (Å²) < 4.78 is 27.5. The fourth-order valence-electron chi connectivity index (χ4n) is 2.28. The van der Waals surface area contributed by atoms with E-state index >= 15 is 0 Å². The van der Waals surface area contributed by atoms with Gasteiger partial charge in [0.05, 0.1) is 4.90 Å². The highest BCUT2D eigenvalue weighted by Gasteiger charge is 2.30. The Kier molecular flexibility index (Phi) is 4.30. The van der Waals surface area contributed by atoms with Crippen molar-refractivity contribution in [3.8, 4) is 0 Å². The molecule has 1 aliphatic heterocycles. The molecule has 1 aliphatic rings. The smallest absolute Gasteiger partial charge is 0.244 e. The third kappa shape index (κ3) is 2.98. The standard InChI is InChI=1S/C13H14BrN3O2S2/c14-11-3-1-2-4-12(11)21(18,19)17-8-6-16(7-9-17)13-15-5-10-20-13/h1-5,10H,6-9H2. The fraction of sp³-hybridized carbons (Fsp3) is 0.308. The van der Waals surface area contributed by atoms with Gasteiger partial charge in [-0.2, -0.15) is 4.31 Å². The van der Waals surface area contributed by atoms with Crippen LogP contribution in [-0.2, 0) is 10.0 Å². The number of nitrogens with zero attached hydrogens (tertiary/aromatic N) is 3. The van der Waals surface area contributed by atoms with E-state index < -0.39 is 10.0 Å². The molecule has 0 bridgehead atoms. The second-order valence-electron chi connectivity index (χ2n) is 4.64. The maximum Gasteiger partial charge on any atom is 0.244 e. The lowest BCUT2D eigenvalue weighted by molar-refractivity contribution is 0.384. The van der Waals surface area contributed by atoms with E-state index in [2.05, 4.69) is 25.8 Å². The molecule has 1 aromatic heterocycles. The summed E-state index contributed by atoms with van der Waals surface area (Å²) >= 11 is 4.89. The van der Waals surface area contributed by atoms with Gasteiger partial charge in [0, 0.05) is 42.2 Å². The van der Waals surface area contributed by atoms with Crippen molar-refractivity contribution in [2.75, 3.05) is 31.1 Å². The Labute approximate surface area is 136 Å². The zero-order chi connectivity index (χ0) is 14.9. The van der Waals surface area contributed by atoms with Crippen molar-refractivity contribution in [2.24, 2.45) is 0 Å². The Hall–Kier alpha value is -0.960. The Bertz CT molecular complexity index is 711. The lowest BCUT2D eigenvalue weighted by Gasteiger charge is -2.33. The number of aromatic nitrogens is 1. The average molecular weight is 388 g/mol. The Morgan fingerprint density at radius 1 is 1.14 bits per heavy atom. The first-order valence-electron chi connectivity index (χ1n) is 6.48. The Balaban J connectivity index is 1.76. The number of sulfonamides is 1. The van der Waals surface area contributed by atoms with Gasteiger partial charge in [0.25, 0.3) is 0 Å². The highest BCUT2D eigenvalue weighted by Crippen LogP contribution is 2.26. The lowest BCUT2D eigenvalue weighted by atomic mass is 10.4. The molecule has 0 atom stereocenters. The van der Waals surface area contributed by atoms with Crippen molar-refractivity contribution >= 4 is 42.4 Å². The summed E-state index contributed by atoms with van der Waals surface area (Å²) in [5.74, 6) is 0. The van der Waals surface area contributed by atoms with E-state index in [1.54, 1.807) is 35.7 Å². The number of hydrogen-bond acceptors (Lipinski definition) is 5. The van der Waals surface area contributed by atoms with Crippen LogP contribution < -0.4 is 4.90 Å². The summed E-state index contributed by atoms with van der Waals surface area (Å²) in [5, 5.41) is 2.88. The molecule has 21 heavy (non-hydrogen) atoms.